The monoisotopic (exact) mass is 880 g/mol. The van der Waals surface area contributed by atoms with Gasteiger partial charge >= 0.3 is 5.97 Å². The molecule has 2 N–H and O–H groups in total. The minimum absolute atomic E-state index is 0.0142. The fourth-order valence-electron chi connectivity index (χ4n) is 7.32. The largest absolute Gasteiger partial charge is 0.493 e. The summed E-state index contributed by atoms with van der Waals surface area (Å²) in [5.74, 6) is -0.810. The number of esters is 1. The van der Waals surface area contributed by atoms with Gasteiger partial charge in [0.2, 0.25) is 23.5 Å². The predicted octanol–water partition coefficient (Wildman–Crippen LogP) is 5.42. The summed E-state index contributed by atoms with van der Waals surface area (Å²) in [4.78, 5) is 76.8. The van der Waals surface area contributed by atoms with E-state index in [1.54, 1.807) is 44.2 Å². The summed E-state index contributed by atoms with van der Waals surface area (Å²) in [6.45, 7) is 1.55. The Morgan fingerprint density at radius 3 is 2.27 bits per heavy atom. The number of imide groups is 2. The van der Waals surface area contributed by atoms with E-state index in [0.29, 0.717) is 74.2 Å². The second kappa shape index (κ2) is 22.3. The maximum Gasteiger partial charge on any atom is 0.311 e. The van der Waals surface area contributed by atoms with Gasteiger partial charge in [0.1, 0.15) is 6.04 Å². The molecule has 5 amide bonds. The van der Waals surface area contributed by atoms with Gasteiger partial charge in [-0.05, 0) is 79.6 Å². The third-order valence-corrected chi connectivity index (χ3v) is 10.6. The number of carbonyl (C=O) groups excluding carboxylic acids is 6. The van der Waals surface area contributed by atoms with Gasteiger partial charge in [-0.2, -0.15) is 0 Å². The molecule has 6 rings (SSSR count). The number of piperidine rings is 1. The Morgan fingerprint density at radius 2 is 1.53 bits per heavy atom. The van der Waals surface area contributed by atoms with Gasteiger partial charge in [0.05, 0.1) is 57.6 Å². The van der Waals surface area contributed by atoms with Crippen molar-refractivity contribution < 1.29 is 57.2 Å². The molecule has 18 heteroatoms. The first kappa shape index (κ1) is 46.4. The molecule has 4 aromatic rings. The highest BCUT2D eigenvalue weighted by Gasteiger charge is 2.45. The molecule has 3 aromatic carbocycles. The van der Waals surface area contributed by atoms with Crippen molar-refractivity contribution in [1.82, 2.24) is 25.2 Å². The number of hydrogen-bond donors (Lipinski definition) is 2. The van der Waals surface area contributed by atoms with Crippen LogP contribution < -0.4 is 34.3 Å². The molecule has 0 radical (unpaired) electrons. The molecule has 0 spiro atoms. The van der Waals surface area contributed by atoms with E-state index in [9.17, 15) is 28.8 Å². The summed E-state index contributed by atoms with van der Waals surface area (Å²) in [6, 6.07) is 12.5. The number of nitrogens with one attached hydrogen (secondary N) is 2. The molecule has 1 aromatic heterocycles. The third kappa shape index (κ3) is 11.7. The van der Waals surface area contributed by atoms with Gasteiger partial charge in [-0.15, -0.1) is 5.10 Å². The first-order chi connectivity index (χ1) is 31.0. The normalized spacial score (nSPS) is 14.7. The SMILES string of the molecule is COc1ccc(/C=C\c2cc(OC)c(OC)c(OC)c2)cc1OC(=O)CCCCCOCCc1cn(CCCCC(=O)Nc2cccc3c2C(=O)N(C2CCC(=O)NC2=O)C3=O)nn1. The van der Waals surface area contributed by atoms with Crippen LogP contribution in [0.25, 0.3) is 12.2 Å². The Bertz CT molecular complexity index is 2370. The van der Waals surface area contributed by atoms with Crippen LogP contribution >= 0.6 is 0 Å². The Morgan fingerprint density at radius 1 is 0.797 bits per heavy atom. The molecule has 1 saturated heterocycles. The van der Waals surface area contributed by atoms with Crippen molar-refractivity contribution in [2.45, 2.75) is 76.8 Å². The van der Waals surface area contributed by atoms with Crippen molar-refractivity contribution in [2.75, 3.05) is 47.0 Å². The average Bonchev–Trinajstić information content (AvgIpc) is 3.85. The fraction of sp³-hybridized carbons (Fsp3) is 0.391. The number of hydrogen-bond acceptors (Lipinski definition) is 14. The molecule has 0 saturated carbocycles. The number of fused-ring (bicyclic) bond motifs is 1. The van der Waals surface area contributed by atoms with Gasteiger partial charge in [0, 0.05) is 45.0 Å². The Balaban J connectivity index is 0.841. The summed E-state index contributed by atoms with van der Waals surface area (Å²) >= 11 is 0. The summed E-state index contributed by atoms with van der Waals surface area (Å²) in [5, 5.41) is 13.3. The number of aryl methyl sites for hydroxylation is 1. The minimum atomic E-state index is -1.09. The molecule has 3 heterocycles. The van der Waals surface area contributed by atoms with Crippen molar-refractivity contribution >= 4 is 53.3 Å². The average molecular weight is 881 g/mol. The van der Waals surface area contributed by atoms with Crippen LogP contribution in [0.2, 0.25) is 0 Å². The van der Waals surface area contributed by atoms with Crippen LogP contribution in [0.5, 0.6) is 28.7 Å². The van der Waals surface area contributed by atoms with Crippen LogP contribution in [-0.4, -0.2) is 103 Å². The van der Waals surface area contributed by atoms with Crippen molar-refractivity contribution in [3.63, 3.8) is 0 Å². The summed E-state index contributed by atoms with van der Waals surface area (Å²) in [7, 11) is 6.19. The Labute approximate surface area is 370 Å². The van der Waals surface area contributed by atoms with Crippen LogP contribution in [0.15, 0.2) is 54.7 Å². The number of carbonyl (C=O) groups is 6. The van der Waals surface area contributed by atoms with Crippen LogP contribution in [0.1, 0.15) is 95.3 Å². The van der Waals surface area contributed by atoms with Crippen LogP contribution in [-0.2, 0) is 36.9 Å². The summed E-state index contributed by atoms with van der Waals surface area (Å²) < 4.78 is 34.9. The predicted molar refractivity (Wildman–Crippen MR) is 232 cm³/mol. The highest BCUT2D eigenvalue weighted by molar-refractivity contribution is 6.26. The highest BCUT2D eigenvalue weighted by atomic mass is 16.6. The van der Waals surface area contributed by atoms with E-state index in [2.05, 4.69) is 20.9 Å². The molecule has 18 nitrogen and oxygen atoms in total. The number of anilines is 1. The van der Waals surface area contributed by atoms with Crippen LogP contribution in [0, 0.1) is 0 Å². The molecule has 2 aliphatic rings. The Kier molecular flexibility index (Phi) is 16.2. The van der Waals surface area contributed by atoms with Gasteiger partial charge in [0.15, 0.2) is 23.0 Å². The molecular weight excluding hydrogens is 829 g/mol. The Hall–Kier alpha value is -7.08. The lowest BCUT2D eigenvalue weighted by Crippen LogP contribution is -2.54. The molecule has 0 aliphatic carbocycles. The highest BCUT2D eigenvalue weighted by Crippen LogP contribution is 2.39. The quantitative estimate of drug-likeness (QED) is 0.0313. The molecule has 1 atom stereocenters. The van der Waals surface area contributed by atoms with Gasteiger partial charge in [-0.25, -0.2) is 0 Å². The van der Waals surface area contributed by atoms with E-state index in [1.807, 2.05) is 36.5 Å². The fourth-order valence-corrected chi connectivity index (χ4v) is 7.32. The first-order valence-electron chi connectivity index (χ1n) is 21.0. The molecule has 338 valence electrons. The van der Waals surface area contributed by atoms with Crippen molar-refractivity contribution in [3.8, 4) is 28.7 Å². The van der Waals surface area contributed by atoms with Crippen molar-refractivity contribution in [3.05, 3.63) is 82.7 Å². The zero-order valence-electron chi connectivity index (χ0n) is 36.3. The lowest BCUT2D eigenvalue weighted by Gasteiger charge is -2.27. The molecule has 64 heavy (non-hydrogen) atoms. The van der Waals surface area contributed by atoms with E-state index < -0.39 is 29.7 Å². The second-order valence-electron chi connectivity index (χ2n) is 15.0. The van der Waals surface area contributed by atoms with Crippen molar-refractivity contribution in [1.29, 1.82) is 0 Å². The van der Waals surface area contributed by atoms with Gasteiger partial charge in [0.25, 0.3) is 11.8 Å². The number of methoxy groups -OCH3 is 4. The third-order valence-electron chi connectivity index (χ3n) is 10.6. The number of ether oxygens (including phenoxy) is 6. The summed E-state index contributed by atoms with van der Waals surface area (Å²) in [5.41, 5.74) is 2.72. The van der Waals surface area contributed by atoms with E-state index in [1.165, 1.54) is 19.2 Å². The number of benzene rings is 3. The second-order valence-corrected chi connectivity index (χ2v) is 15.0. The maximum atomic E-state index is 13.3. The lowest BCUT2D eigenvalue weighted by molar-refractivity contribution is -0.136. The van der Waals surface area contributed by atoms with Gasteiger partial charge in [-0.3, -0.25) is 43.7 Å². The van der Waals surface area contributed by atoms with E-state index in [0.717, 1.165) is 34.6 Å². The summed E-state index contributed by atoms with van der Waals surface area (Å²) in [6.07, 6.45) is 10.0. The smallest absolute Gasteiger partial charge is 0.311 e. The van der Waals surface area contributed by atoms with Crippen molar-refractivity contribution in [2.24, 2.45) is 0 Å². The lowest BCUT2D eigenvalue weighted by atomic mass is 10.0. The molecule has 1 unspecified atom stereocenters. The number of unbranched alkanes of at least 4 members (excludes halogenated alkanes) is 3. The topological polar surface area (TPSA) is 216 Å². The number of nitrogens with zero attached hydrogens (tertiary/aromatic N) is 4. The van der Waals surface area contributed by atoms with Crippen LogP contribution in [0.3, 0.4) is 0 Å². The van der Waals surface area contributed by atoms with Gasteiger partial charge < -0.3 is 33.7 Å². The van der Waals surface area contributed by atoms with E-state index in [-0.39, 0.29) is 54.4 Å². The molecular formula is C46H52N6O12. The number of aromatic nitrogens is 3. The standard InChI is InChI=1S/C46H52N6O12/c1-59-35-19-17-29(15-16-30-26-37(60-2)43(62-4)38(27-30)61-3)25-36(35)64-41(55)14-6-5-9-23-63-24-21-31-28-51(50-49-31)22-8-7-13-39(53)47-33-12-10-11-32-42(33)46(58)52(45(32)57)34-18-20-40(54)48-44(34)56/h10-12,15-17,19,25-28,34H,5-9,13-14,18,20-24H2,1-4H3,(H,47,53)(H,48,54,56)/b16-15-. The maximum absolute atomic E-state index is 13.3. The van der Waals surface area contributed by atoms with Crippen LogP contribution in [0.4, 0.5) is 5.69 Å². The van der Waals surface area contributed by atoms with Gasteiger partial charge in [-0.1, -0.05) is 35.9 Å². The first-order valence-corrected chi connectivity index (χ1v) is 21.0. The molecule has 1 fully saturated rings. The molecule has 0 bridgehead atoms. The van der Waals surface area contributed by atoms with E-state index in [4.69, 9.17) is 28.4 Å². The number of amides is 5. The van der Waals surface area contributed by atoms with E-state index >= 15 is 0 Å². The number of rotatable bonds is 23. The minimum Gasteiger partial charge on any atom is -0.493 e. The zero-order chi connectivity index (χ0) is 45.6. The zero-order valence-corrected chi connectivity index (χ0v) is 36.3. The molecule has 2 aliphatic heterocycles.